The lowest BCUT2D eigenvalue weighted by Gasteiger charge is -2.26. The Bertz CT molecular complexity index is 1250. The fraction of sp³-hybridized carbons (Fsp3) is 0.375. The molecule has 0 aliphatic heterocycles. The molecule has 0 aromatic carbocycles. The number of pyridine rings is 2. The van der Waals surface area contributed by atoms with Gasteiger partial charge in [-0.25, -0.2) is 4.98 Å². The van der Waals surface area contributed by atoms with Gasteiger partial charge in [-0.3, -0.25) is 9.67 Å². The van der Waals surface area contributed by atoms with Gasteiger partial charge >= 0.3 is 0 Å². The van der Waals surface area contributed by atoms with E-state index in [-0.39, 0.29) is 0 Å². The number of hydrogen-bond donors (Lipinski definition) is 2. The lowest BCUT2D eigenvalue weighted by molar-refractivity contribution is 0.0577. The Morgan fingerprint density at radius 2 is 1.88 bits per heavy atom. The van der Waals surface area contributed by atoms with Gasteiger partial charge in [0.2, 0.25) is 0 Å². The molecule has 0 radical (unpaired) electrons. The van der Waals surface area contributed by atoms with Gasteiger partial charge in [0, 0.05) is 24.2 Å². The standard InChI is InChI=1S/C24H27N7O2/c1-23(2,32)14-31-13-16(11-28-31)21-29-22(30-33-21)24(3,17-5-6-17)18-7-8-19(26-12-18)15-4-9-20(25)27-10-15/h4,7-13,17,32H,5-6,14H2,1-3H3,(H2,25,27). The molecule has 3 N–H and O–H groups in total. The third-order valence-corrected chi connectivity index (χ3v) is 6.16. The molecule has 0 spiro atoms. The number of rotatable bonds is 7. The zero-order chi connectivity index (χ0) is 23.2. The number of nitrogens with zero attached hydrogens (tertiary/aromatic N) is 6. The summed E-state index contributed by atoms with van der Waals surface area (Å²) in [6, 6.07) is 7.75. The van der Waals surface area contributed by atoms with Crippen molar-refractivity contribution in [3.63, 3.8) is 0 Å². The van der Waals surface area contributed by atoms with Crippen LogP contribution in [0.15, 0.2) is 53.6 Å². The number of nitrogen functional groups attached to an aromatic ring is 1. The van der Waals surface area contributed by atoms with Gasteiger partial charge in [0.25, 0.3) is 5.89 Å². The van der Waals surface area contributed by atoms with Crippen LogP contribution in [-0.4, -0.2) is 40.6 Å². The van der Waals surface area contributed by atoms with Crippen molar-refractivity contribution >= 4 is 5.82 Å². The van der Waals surface area contributed by atoms with Gasteiger partial charge in [-0.15, -0.1) is 0 Å². The van der Waals surface area contributed by atoms with Gasteiger partial charge in [-0.2, -0.15) is 10.1 Å². The topological polar surface area (TPSA) is 129 Å². The third-order valence-electron chi connectivity index (χ3n) is 6.16. The van der Waals surface area contributed by atoms with Crippen LogP contribution in [0.25, 0.3) is 22.7 Å². The van der Waals surface area contributed by atoms with E-state index in [9.17, 15) is 5.11 Å². The minimum atomic E-state index is -0.866. The van der Waals surface area contributed by atoms with Crippen LogP contribution in [0.2, 0.25) is 0 Å². The van der Waals surface area contributed by atoms with Crippen molar-refractivity contribution in [3.8, 4) is 22.7 Å². The lowest BCUT2D eigenvalue weighted by atomic mass is 9.77. The molecule has 33 heavy (non-hydrogen) atoms. The van der Waals surface area contributed by atoms with E-state index >= 15 is 0 Å². The number of aliphatic hydroxyl groups is 1. The second kappa shape index (κ2) is 7.77. The molecule has 1 atom stereocenters. The minimum Gasteiger partial charge on any atom is -0.389 e. The molecule has 9 nitrogen and oxygen atoms in total. The quantitative estimate of drug-likeness (QED) is 0.442. The largest absolute Gasteiger partial charge is 0.389 e. The fourth-order valence-corrected chi connectivity index (χ4v) is 4.15. The van der Waals surface area contributed by atoms with Gasteiger partial charge in [0.15, 0.2) is 5.82 Å². The van der Waals surface area contributed by atoms with E-state index in [0.717, 1.165) is 35.2 Å². The maximum atomic E-state index is 10.0. The van der Waals surface area contributed by atoms with Crippen LogP contribution in [-0.2, 0) is 12.0 Å². The SMILES string of the molecule is CC(C)(O)Cn1cc(-c2nc(C(C)(c3ccc(-c4ccc(N)nc4)nc3)C3CC3)no2)cn1. The summed E-state index contributed by atoms with van der Waals surface area (Å²) >= 11 is 0. The summed E-state index contributed by atoms with van der Waals surface area (Å²) in [6.07, 6.45) is 9.30. The molecule has 1 saturated carbocycles. The van der Waals surface area contributed by atoms with E-state index in [1.165, 1.54) is 0 Å². The highest BCUT2D eigenvalue weighted by Crippen LogP contribution is 2.50. The molecule has 0 amide bonds. The highest BCUT2D eigenvalue weighted by atomic mass is 16.5. The first-order valence-corrected chi connectivity index (χ1v) is 11.0. The Balaban J connectivity index is 1.43. The van der Waals surface area contributed by atoms with E-state index in [0.29, 0.717) is 30.0 Å². The molecule has 4 aromatic heterocycles. The summed E-state index contributed by atoms with van der Waals surface area (Å²) < 4.78 is 7.30. The van der Waals surface area contributed by atoms with Gasteiger partial charge < -0.3 is 15.4 Å². The monoisotopic (exact) mass is 445 g/mol. The molecule has 1 aliphatic carbocycles. The molecule has 170 valence electrons. The summed E-state index contributed by atoms with van der Waals surface area (Å²) in [5, 5.41) is 18.7. The van der Waals surface area contributed by atoms with Crippen molar-refractivity contribution in [3.05, 3.63) is 60.4 Å². The van der Waals surface area contributed by atoms with Gasteiger partial charge in [-0.1, -0.05) is 11.2 Å². The van der Waals surface area contributed by atoms with Crippen LogP contribution in [0, 0.1) is 5.92 Å². The Labute approximate surface area is 191 Å². The van der Waals surface area contributed by atoms with Crippen LogP contribution in [0.5, 0.6) is 0 Å². The van der Waals surface area contributed by atoms with Crippen molar-refractivity contribution < 1.29 is 9.63 Å². The summed E-state index contributed by atoms with van der Waals surface area (Å²) in [5.41, 5.74) is 7.93. The van der Waals surface area contributed by atoms with Crippen molar-refractivity contribution in [2.45, 2.75) is 51.2 Å². The summed E-state index contributed by atoms with van der Waals surface area (Å²) in [6.45, 7) is 6.00. The van der Waals surface area contributed by atoms with Crippen molar-refractivity contribution in [1.29, 1.82) is 0 Å². The first-order valence-electron chi connectivity index (χ1n) is 11.0. The molecule has 1 aliphatic rings. The minimum absolute atomic E-state index is 0.370. The van der Waals surface area contributed by atoms with E-state index in [4.69, 9.17) is 15.2 Å². The summed E-state index contributed by atoms with van der Waals surface area (Å²) in [5.74, 6) is 1.96. The molecule has 9 heteroatoms. The third kappa shape index (κ3) is 4.23. The van der Waals surface area contributed by atoms with E-state index in [1.54, 1.807) is 43.2 Å². The zero-order valence-corrected chi connectivity index (χ0v) is 18.9. The Hall–Kier alpha value is -3.59. The van der Waals surface area contributed by atoms with Crippen molar-refractivity contribution in [2.75, 3.05) is 5.73 Å². The molecule has 5 rings (SSSR count). The number of anilines is 1. The maximum Gasteiger partial charge on any atom is 0.261 e. The van der Waals surface area contributed by atoms with Crippen molar-refractivity contribution in [2.24, 2.45) is 5.92 Å². The molecule has 4 heterocycles. The molecular weight excluding hydrogens is 418 g/mol. The normalized spacial score (nSPS) is 16.0. The van der Waals surface area contributed by atoms with E-state index in [2.05, 4.69) is 33.2 Å². The lowest BCUT2D eigenvalue weighted by Crippen LogP contribution is -2.28. The molecule has 1 unspecified atom stereocenters. The second-order valence-corrected chi connectivity index (χ2v) is 9.54. The van der Waals surface area contributed by atoms with Crippen LogP contribution in [0.4, 0.5) is 5.82 Å². The molecule has 1 fully saturated rings. The highest BCUT2D eigenvalue weighted by molar-refractivity contribution is 5.59. The first kappa shape index (κ1) is 21.3. The predicted molar refractivity (Wildman–Crippen MR) is 123 cm³/mol. The average molecular weight is 446 g/mol. The number of aromatic nitrogens is 6. The van der Waals surface area contributed by atoms with Crippen LogP contribution in [0.1, 0.15) is 45.0 Å². The van der Waals surface area contributed by atoms with Gasteiger partial charge in [0.05, 0.1) is 35.0 Å². The summed E-state index contributed by atoms with van der Waals surface area (Å²) in [7, 11) is 0. The van der Waals surface area contributed by atoms with E-state index < -0.39 is 11.0 Å². The number of nitrogens with two attached hydrogens (primary N) is 1. The Morgan fingerprint density at radius 3 is 2.52 bits per heavy atom. The van der Waals surface area contributed by atoms with Gasteiger partial charge in [-0.05, 0) is 63.3 Å². The smallest absolute Gasteiger partial charge is 0.261 e. The van der Waals surface area contributed by atoms with Crippen LogP contribution >= 0.6 is 0 Å². The van der Waals surface area contributed by atoms with E-state index in [1.807, 2.05) is 18.3 Å². The molecule has 4 aromatic rings. The highest BCUT2D eigenvalue weighted by Gasteiger charge is 2.47. The van der Waals surface area contributed by atoms with Gasteiger partial charge in [0.1, 0.15) is 5.82 Å². The first-order chi connectivity index (χ1) is 15.7. The van der Waals surface area contributed by atoms with Crippen LogP contribution in [0.3, 0.4) is 0 Å². The number of hydrogen-bond acceptors (Lipinski definition) is 8. The zero-order valence-electron chi connectivity index (χ0n) is 18.9. The summed E-state index contributed by atoms with van der Waals surface area (Å²) in [4.78, 5) is 13.6. The second-order valence-electron chi connectivity index (χ2n) is 9.54. The average Bonchev–Trinajstić information content (AvgIpc) is 3.35. The Kier molecular flexibility index (Phi) is 5.01. The molecule has 0 saturated heterocycles. The van der Waals surface area contributed by atoms with Crippen LogP contribution < -0.4 is 5.73 Å². The fourth-order valence-electron chi connectivity index (χ4n) is 4.15. The predicted octanol–water partition coefficient (Wildman–Crippen LogP) is 3.46. The molecule has 0 bridgehead atoms. The van der Waals surface area contributed by atoms with Crippen molar-refractivity contribution in [1.82, 2.24) is 29.9 Å². The Morgan fingerprint density at radius 1 is 1.06 bits per heavy atom. The maximum absolute atomic E-state index is 10.0. The molecular formula is C24H27N7O2.